The van der Waals surface area contributed by atoms with Gasteiger partial charge in [-0.1, -0.05) is 35.9 Å². The number of carbonyl (C=O) groups excluding carboxylic acids is 1. The Hall–Kier alpha value is -4.90. The molecular formula is C28H22ClF2N7O2. The van der Waals surface area contributed by atoms with Crippen molar-refractivity contribution >= 4 is 52.1 Å². The topological polar surface area (TPSA) is 112 Å². The lowest BCUT2D eigenvalue weighted by atomic mass is 10.1. The number of aliphatic imine (C=N–C) groups is 1. The molecule has 40 heavy (non-hydrogen) atoms. The lowest BCUT2D eigenvalue weighted by molar-refractivity contribution is -0.106. The molecule has 9 nitrogen and oxygen atoms in total. The number of para-hydroxylation sites is 1. The van der Waals surface area contributed by atoms with Gasteiger partial charge < -0.3 is 10.5 Å². The molecule has 5 rings (SSSR count). The summed E-state index contributed by atoms with van der Waals surface area (Å²) in [7, 11) is 1.24. The van der Waals surface area contributed by atoms with Crippen molar-refractivity contribution in [2.24, 2.45) is 4.99 Å². The van der Waals surface area contributed by atoms with Gasteiger partial charge in [-0.25, -0.2) is 24.0 Å². The Labute approximate surface area is 232 Å². The molecule has 0 bridgehead atoms. The second-order valence-electron chi connectivity index (χ2n) is 8.63. The van der Waals surface area contributed by atoms with Gasteiger partial charge in [0.25, 0.3) is 0 Å². The Kier molecular flexibility index (Phi) is 7.39. The van der Waals surface area contributed by atoms with Gasteiger partial charge in [0, 0.05) is 16.3 Å². The number of hydrogen-bond acceptors (Lipinski definition) is 7. The number of halogens is 3. The standard InChI is InChI=1S/C28H22ClF2N7O2/c1-16-19(29)9-6-10-20(16)35-22(37(15-39)17-7-4-3-5-8-17)13-38-28-23(27(32)33-14-34-28)26(36-38)18-11-12-21(40-2)25(31)24(18)30/h3-12,14-15H,13H2,1-2H3,(H2,32,33,34)/b35-22-. The van der Waals surface area contributed by atoms with Gasteiger partial charge in [0.1, 0.15) is 30.2 Å². The lowest BCUT2D eigenvalue weighted by Crippen LogP contribution is -2.33. The van der Waals surface area contributed by atoms with Crippen molar-refractivity contribution in [2.75, 3.05) is 17.7 Å². The predicted octanol–water partition coefficient (Wildman–Crippen LogP) is 5.72. The summed E-state index contributed by atoms with van der Waals surface area (Å²) in [6.45, 7) is 1.70. The maximum atomic E-state index is 15.2. The average Bonchev–Trinajstić information content (AvgIpc) is 3.32. The predicted molar refractivity (Wildman–Crippen MR) is 150 cm³/mol. The van der Waals surface area contributed by atoms with Crippen molar-refractivity contribution in [3.05, 3.63) is 89.2 Å². The van der Waals surface area contributed by atoms with E-state index < -0.39 is 11.6 Å². The third-order valence-electron chi connectivity index (χ3n) is 6.28. The van der Waals surface area contributed by atoms with Crippen molar-refractivity contribution < 1.29 is 18.3 Å². The average molecular weight is 562 g/mol. The van der Waals surface area contributed by atoms with Gasteiger partial charge >= 0.3 is 0 Å². The molecule has 0 saturated heterocycles. The minimum atomic E-state index is -1.17. The molecule has 5 aromatic rings. The maximum Gasteiger partial charge on any atom is 0.219 e. The number of benzene rings is 3. The Morgan fingerprint density at radius 2 is 1.88 bits per heavy atom. The molecule has 2 aromatic heterocycles. The van der Waals surface area contributed by atoms with Gasteiger partial charge in [0.05, 0.1) is 18.2 Å². The monoisotopic (exact) mass is 561 g/mol. The number of ether oxygens (including phenoxy) is 1. The zero-order valence-electron chi connectivity index (χ0n) is 21.3. The lowest BCUT2D eigenvalue weighted by Gasteiger charge is -2.20. The van der Waals surface area contributed by atoms with Crippen molar-refractivity contribution in [3.63, 3.8) is 0 Å². The molecule has 0 spiro atoms. The number of carbonyl (C=O) groups is 1. The molecule has 202 valence electrons. The van der Waals surface area contributed by atoms with Crippen LogP contribution in [-0.4, -0.2) is 39.1 Å². The van der Waals surface area contributed by atoms with Crippen LogP contribution in [0.3, 0.4) is 0 Å². The van der Waals surface area contributed by atoms with Crippen LogP contribution in [0.25, 0.3) is 22.3 Å². The summed E-state index contributed by atoms with van der Waals surface area (Å²) in [5, 5.41) is 5.26. The Morgan fingerprint density at radius 1 is 1.10 bits per heavy atom. The summed E-state index contributed by atoms with van der Waals surface area (Å²) in [6.07, 6.45) is 1.86. The van der Waals surface area contributed by atoms with E-state index in [1.807, 2.05) is 13.0 Å². The number of anilines is 2. The third kappa shape index (κ3) is 4.82. The molecule has 0 atom stereocenters. The van der Waals surface area contributed by atoms with Crippen LogP contribution in [0.15, 0.2) is 72.0 Å². The molecule has 0 saturated carbocycles. The minimum absolute atomic E-state index is 0.0151. The molecule has 0 aliphatic carbocycles. The van der Waals surface area contributed by atoms with Crippen molar-refractivity contribution in [3.8, 4) is 17.0 Å². The number of amides is 1. The van der Waals surface area contributed by atoms with E-state index in [9.17, 15) is 9.18 Å². The summed E-state index contributed by atoms with van der Waals surface area (Å²) < 4.78 is 36.1. The zero-order valence-corrected chi connectivity index (χ0v) is 22.1. The van der Waals surface area contributed by atoms with Crippen molar-refractivity contribution in [1.82, 2.24) is 19.7 Å². The van der Waals surface area contributed by atoms with Crippen LogP contribution < -0.4 is 15.4 Å². The second kappa shape index (κ2) is 11.1. The number of amidine groups is 1. The first-order valence-electron chi connectivity index (χ1n) is 12.0. The van der Waals surface area contributed by atoms with Crippen molar-refractivity contribution in [1.29, 1.82) is 0 Å². The first kappa shape index (κ1) is 26.7. The molecule has 0 unspecified atom stereocenters. The van der Waals surface area contributed by atoms with Gasteiger partial charge in [0.2, 0.25) is 12.2 Å². The number of fused-ring (bicyclic) bond motifs is 1. The maximum absolute atomic E-state index is 15.2. The number of nitrogens with zero attached hydrogens (tertiary/aromatic N) is 6. The summed E-state index contributed by atoms with van der Waals surface area (Å²) in [5.41, 5.74) is 8.02. The van der Waals surface area contributed by atoms with E-state index in [0.29, 0.717) is 28.4 Å². The summed E-state index contributed by atoms with van der Waals surface area (Å²) in [5.74, 6) is -2.34. The minimum Gasteiger partial charge on any atom is -0.494 e. The Balaban J connectivity index is 1.71. The molecule has 0 fully saturated rings. The molecule has 12 heteroatoms. The molecule has 0 aliphatic rings. The van der Waals surface area contributed by atoms with E-state index >= 15 is 4.39 Å². The SMILES string of the molecule is COc1ccc(-c2nn(C/C(=N/c3cccc(Cl)c3C)N(C=O)c3ccccc3)c3ncnc(N)c23)c(F)c1F. The van der Waals surface area contributed by atoms with Gasteiger partial charge in [0.15, 0.2) is 17.2 Å². The fraction of sp³-hybridized carbons (Fsp3) is 0.107. The largest absolute Gasteiger partial charge is 0.494 e. The summed E-state index contributed by atoms with van der Waals surface area (Å²) >= 11 is 6.33. The van der Waals surface area contributed by atoms with Gasteiger partial charge in [-0.2, -0.15) is 9.49 Å². The van der Waals surface area contributed by atoms with E-state index in [0.717, 1.165) is 0 Å². The number of nitrogens with two attached hydrogens (primary N) is 1. The first-order chi connectivity index (χ1) is 19.3. The first-order valence-corrected chi connectivity index (χ1v) is 12.3. The molecule has 2 heterocycles. The smallest absolute Gasteiger partial charge is 0.219 e. The number of methoxy groups -OCH3 is 1. The van der Waals surface area contributed by atoms with E-state index in [-0.39, 0.29) is 46.2 Å². The van der Waals surface area contributed by atoms with Crippen LogP contribution in [0.4, 0.5) is 26.0 Å². The van der Waals surface area contributed by atoms with Crippen LogP contribution >= 0.6 is 11.6 Å². The Bertz CT molecular complexity index is 1760. The zero-order chi connectivity index (χ0) is 28.4. The highest BCUT2D eigenvalue weighted by Crippen LogP contribution is 2.35. The molecule has 3 aromatic carbocycles. The van der Waals surface area contributed by atoms with Gasteiger partial charge in [-0.3, -0.25) is 9.69 Å². The molecule has 2 N–H and O–H groups in total. The third-order valence-corrected chi connectivity index (χ3v) is 6.69. The normalized spacial score (nSPS) is 11.6. The molecule has 1 amide bonds. The highest BCUT2D eigenvalue weighted by molar-refractivity contribution is 6.31. The van der Waals surface area contributed by atoms with Crippen molar-refractivity contribution in [2.45, 2.75) is 13.5 Å². The fourth-order valence-electron chi connectivity index (χ4n) is 4.22. The van der Waals surface area contributed by atoms with Crippen LogP contribution in [0.1, 0.15) is 5.56 Å². The fourth-order valence-corrected chi connectivity index (χ4v) is 4.39. The van der Waals surface area contributed by atoms with Gasteiger partial charge in [-0.05, 0) is 48.9 Å². The van der Waals surface area contributed by atoms with Crippen LogP contribution in [0.5, 0.6) is 5.75 Å². The second-order valence-corrected chi connectivity index (χ2v) is 9.04. The number of rotatable bonds is 7. The van der Waals surface area contributed by atoms with Crippen LogP contribution in [-0.2, 0) is 11.3 Å². The molecule has 0 radical (unpaired) electrons. The molecule has 0 aliphatic heterocycles. The van der Waals surface area contributed by atoms with Crippen LogP contribution in [0.2, 0.25) is 5.02 Å². The highest BCUT2D eigenvalue weighted by atomic mass is 35.5. The van der Waals surface area contributed by atoms with E-state index in [1.54, 1.807) is 42.5 Å². The quantitative estimate of drug-likeness (QED) is 0.155. The van der Waals surface area contributed by atoms with E-state index in [1.165, 1.54) is 35.2 Å². The number of aromatic nitrogens is 4. The van der Waals surface area contributed by atoms with Crippen LogP contribution in [0, 0.1) is 18.6 Å². The molecular weight excluding hydrogens is 540 g/mol. The number of nitrogen functional groups attached to an aromatic ring is 1. The van der Waals surface area contributed by atoms with Gasteiger partial charge in [-0.15, -0.1) is 0 Å². The Morgan fingerprint density at radius 3 is 2.60 bits per heavy atom. The van der Waals surface area contributed by atoms with E-state index in [2.05, 4.69) is 15.1 Å². The van der Waals surface area contributed by atoms with E-state index in [4.69, 9.17) is 27.1 Å². The summed E-state index contributed by atoms with van der Waals surface area (Å²) in [4.78, 5) is 26.9. The summed E-state index contributed by atoms with van der Waals surface area (Å²) in [6, 6.07) is 16.7. The number of hydrogen-bond donors (Lipinski definition) is 1. The highest BCUT2D eigenvalue weighted by Gasteiger charge is 2.25.